The van der Waals surface area contributed by atoms with E-state index in [9.17, 15) is 0 Å². The minimum absolute atomic E-state index is 0.631. The monoisotopic (exact) mass is 244 g/mol. The Morgan fingerprint density at radius 1 is 1.11 bits per heavy atom. The Labute approximate surface area is 110 Å². The van der Waals surface area contributed by atoms with Gasteiger partial charge >= 0.3 is 0 Å². The smallest absolute Gasteiger partial charge is 0.0397 e. The first-order valence-electron chi connectivity index (χ1n) is 7.30. The molecule has 1 heterocycles. The first kappa shape index (κ1) is 11.9. The van der Waals surface area contributed by atoms with E-state index in [-0.39, 0.29) is 0 Å². The fourth-order valence-corrected chi connectivity index (χ4v) is 3.88. The molecule has 1 aliphatic heterocycles. The number of hydrogen-bond donors (Lipinski definition) is 1. The molecule has 18 heavy (non-hydrogen) atoms. The highest BCUT2D eigenvalue weighted by molar-refractivity contribution is 5.59. The van der Waals surface area contributed by atoms with Crippen LogP contribution in [0, 0.1) is 12.3 Å². The van der Waals surface area contributed by atoms with Crippen LogP contribution < -0.4 is 10.6 Å². The van der Waals surface area contributed by atoms with Gasteiger partial charge in [0.1, 0.15) is 0 Å². The van der Waals surface area contributed by atoms with Gasteiger partial charge in [0, 0.05) is 24.5 Å². The number of nitrogens with zero attached hydrogens (tertiary/aromatic N) is 1. The van der Waals surface area contributed by atoms with Crippen LogP contribution in [0.1, 0.15) is 44.1 Å². The quantitative estimate of drug-likeness (QED) is 0.763. The zero-order valence-corrected chi connectivity index (χ0v) is 11.4. The lowest BCUT2D eigenvalue weighted by Crippen LogP contribution is -2.29. The third kappa shape index (κ3) is 2.09. The third-order valence-electron chi connectivity index (χ3n) is 4.91. The van der Waals surface area contributed by atoms with Gasteiger partial charge in [0.25, 0.3) is 0 Å². The van der Waals surface area contributed by atoms with Crippen molar-refractivity contribution in [3.05, 3.63) is 23.8 Å². The van der Waals surface area contributed by atoms with Gasteiger partial charge in [-0.3, -0.25) is 0 Å². The molecule has 1 saturated heterocycles. The summed E-state index contributed by atoms with van der Waals surface area (Å²) < 4.78 is 0. The van der Waals surface area contributed by atoms with Crippen LogP contribution in [0.25, 0.3) is 0 Å². The summed E-state index contributed by atoms with van der Waals surface area (Å²) >= 11 is 0. The van der Waals surface area contributed by atoms with Crippen LogP contribution >= 0.6 is 0 Å². The van der Waals surface area contributed by atoms with Crippen LogP contribution in [0.4, 0.5) is 11.4 Å². The van der Waals surface area contributed by atoms with Crippen LogP contribution in [0.3, 0.4) is 0 Å². The second kappa shape index (κ2) is 4.49. The first-order chi connectivity index (χ1) is 8.69. The highest BCUT2D eigenvalue weighted by Crippen LogP contribution is 2.45. The largest absolute Gasteiger partial charge is 0.399 e. The van der Waals surface area contributed by atoms with Gasteiger partial charge in [-0.2, -0.15) is 0 Å². The number of nitrogen functional groups attached to an aromatic ring is 1. The zero-order chi connectivity index (χ0) is 12.6. The zero-order valence-electron chi connectivity index (χ0n) is 11.4. The molecule has 1 saturated carbocycles. The maximum Gasteiger partial charge on any atom is 0.0397 e. The molecule has 0 bridgehead atoms. The van der Waals surface area contributed by atoms with E-state index in [4.69, 9.17) is 5.73 Å². The Balaban J connectivity index is 1.78. The second-order valence-corrected chi connectivity index (χ2v) is 6.28. The van der Waals surface area contributed by atoms with Crippen molar-refractivity contribution in [3.63, 3.8) is 0 Å². The van der Waals surface area contributed by atoms with Crippen molar-refractivity contribution in [2.75, 3.05) is 23.7 Å². The Kier molecular flexibility index (Phi) is 2.96. The lowest BCUT2D eigenvalue weighted by atomic mass is 9.73. The van der Waals surface area contributed by atoms with Gasteiger partial charge in [-0.1, -0.05) is 19.3 Å². The maximum absolute atomic E-state index is 5.84. The van der Waals surface area contributed by atoms with Gasteiger partial charge < -0.3 is 10.6 Å². The number of hydrogen-bond acceptors (Lipinski definition) is 2. The topological polar surface area (TPSA) is 29.3 Å². The number of aryl methyl sites for hydroxylation is 1. The van der Waals surface area contributed by atoms with Gasteiger partial charge in [-0.05, 0) is 55.4 Å². The summed E-state index contributed by atoms with van der Waals surface area (Å²) in [5.74, 6) is 0. The Morgan fingerprint density at radius 2 is 1.89 bits per heavy atom. The lowest BCUT2D eigenvalue weighted by Gasteiger charge is -2.33. The number of anilines is 2. The molecule has 0 atom stereocenters. The van der Waals surface area contributed by atoms with Crippen molar-refractivity contribution in [3.8, 4) is 0 Å². The van der Waals surface area contributed by atoms with Gasteiger partial charge in [0.15, 0.2) is 0 Å². The molecular weight excluding hydrogens is 220 g/mol. The van der Waals surface area contributed by atoms with Crippen molar-refractivity contribution in [2.45, 2.75) is 45.4 Å². The molecule has 1 aromatic rings. The minimum Gasteiger partial charge on any atom is -0.399 e. The molecular formula is C16H24N2. The average molecular weight is 244 g/mol. The number of nitrogens with two attached hydrogens (primary N) is 1. The first-order valence-corrected chi connectivity index (χ1v) is 7.30. The summed E-state index contributed by atoms with van der Waals surface area (Å²) in [5, 5.41) is 0. The molecule has 3 rings (SSSR count). The van der Waals surface area contributed by atoms with Crippen LogP contribution in [-0.2, 0) is 0 Å². The molecule has 98 valence electrons. The molecule has 0 unspecified atom stereocenters. The van der Waals surface area contributed by atoms with E-state index < -0.39 is 0 Å². The van der Waals surface area contributed by atoms with Crippen LogP contribution in [0.15, 0.2) is 18.2 Å². The predicted molar refractivity (Wildman–Crippen MR) is 77.9 cm³/mol. The van der Waals surface area contributed by atoms with E-state index >= 15 is 0 Å². The Morgan fingerprint density at radius 3 is 2.61 bits per heavy atom. The van der Waals surface area contributed by atoms with Gasteiger partial charge in [0.2, 0.25) is 0 Å². The average Bonchev–Trinajstić information content (AvgIpc) is 2.74. The van der Waals surface area contributed by atoms with E-state index in [0.717, 1.165) is 5.69 Å². The van der Waals surface area contributed by atoms with Crippen LogP contribution in [0.5, 0.6) is 0 Å². The highest BCUT2D eigenvalue weighted by atomic mass is 15.2. The van der Waals surface area contributed by atoms with Crippen molar-refractivity contribution in [1.29, 1.82) is 0 Å². The van der Waals surface area contributed by atoms with E-state index in [1.165, 1.54) is 62.9 Å². The summed E-state index contributed by atoms with van der Waals surface area (Å²) in [6.45, 7) is 4.67. The van der Waals surface area contributed by atoms with Crippen molar-refractivity contribution < 1.29 is 0 Å². The Hall–Kier alpha value is -1.18. The summed E-state index contributed by atoms with van der Waals surface area (Å²) in [4.78, 5) is 2.58. The summed E-state index contributed by atoms with van der Waals surface area (Å²) in [7, 11) is 0. The predicted octanol–water partition coefficient (Wildman–Crippen LogP) is 3.74. The molecule has 0 amide bonds. The van der Waals surface area contributed by atoms with Crippen molar-refractivity contribution >= 4 is 11.4 Å². The van der Waals surface area contributed by atoms with Crippen LogP contribution in [0.2, 0.25) is 0 Å². The van der Waals surface area contributed by atoms with Crippen molar-refractivity contribution in [2.24, 2.45) is 5.41 Å². The van der Waals surface area contributed by atoms with Gasteiger partial charge in [-0.15, -0.1) is 0 Å². The molecule has 2 N–H and O–H groups in total. The molecule has 2 heteroatoms. The molecule has 1 aromatic carbocycles. The van der Waals surface area contributed by atoms with E-state index in [1.54, 1.807) is 0 Å². The number of benzene rings is 1. The molecule has 0 radical (unpaired) electrons. The standard InChI is InChI=1S/C16H24N2/c1-13-11-14(17)5-6-15(13)18-10-9-16(12-18)7-3-2-4-8-16/h5-6,11H,2-4,7-10,12,17H2,1H3. The molecule has 2 nitrogen and oxygen atoms in total. The normalized spacial score (nSPS) is 22.6. The molecule has 1 aliphatic carbocycles. The molecule has 0 aromatic heterocycles. The van der Waals surface area contributed by atoms with E-state index in [0.29, 0.717) is 5.41 Å². The van der Waals surface area contributed by atoms with E-state index in [1.807, 2.05) is 6.07 Å². The lowest BCUT2D eigenvalue weighted by molar-refractivity contribution is 0.219. The fourth-order valence-electron chi connectivity index (χ4n) is 3.88. The van der Waals surface area contributed by atoms with Gasteiger partial charge in [-0.25, -0.2) is 0 Å². The molecule has 1 spiro atoms. The summed E-state index contributed by atoms with van der Waals surface area (Å²) in [6, 6.07) is 6.34. The third-order valence-corrected chi connectivity index (χ3v) is 4.91. The number of rotatable bonds is 1. The van der Waals surface area contributed by atoms with E-state index in [2.05, 4.69) is 24.0 Å². The maximum atomic E-state index is 5.84. The fraction of sp³-hybridized carbons (Fsp3) is 0.625. The van der Waals surface area contributed by atoms with Crippen LogP contribution in [-0.4, -0.2) is 13.1 Å². The van der Waals surface area contributed by atoms with Crippen molar-refractivity contribution in [1.82, 2.24) is 0 Å². The van der Waals surface area contributed by atoms with Gasteiger partial charge in [0.05, 0.1) is 0 Å². The second-order valence-electron chi connectivity index (χ2n) is 6.28. The Bertz CT molecular complexity index is 433. The SMILES string of the molecule is Cc1cc(N)ccc1N1CCC2(CCCCC2)C1. The summed E-state index contributed by atoms with van der Waals surface area (Å²) in [6.07, 6.45) is 8.59. The highest BCUT2D eigenvalue weighted by Gasteiger charge is 2.38. The molecule has 2 aliphatic rings. The molecule has 2 fully saturated rings. The minimum atomic E-state index is 0.631. The summed E-state index contributed by atoms with van der Waals surface area (Å²) in [5.41, 5.74) is 10.1.